The van der Waals surface area contributed by atoms with Gasteiger partial charge >= 0.3 is 12.1 Å². The van der Waals surface area contributed by atoms with E-state index < -0.39 is 35.4 Å². The number of carbonyl (C=O) groups excluding carboxylic acids is 1. The maximum Gasteiger partial charge on any atom is 0.408 e. The van der Waals surface area contributed by atoms with Crippen LogP contribution in [0.25, 0.3) is 11.1 Å². The van der Waals surface area contributed by atoms with Crippen molar-refractivity contribution in [2.24, 2.45) is 5.73 Å². The molecule has 2 atom stereocenters. The van der Waals surface area contributed by atoms with Gasteiger partial charge < -0.3 is 25.6 Å². The Hall–Kier alpha value is -2.90. The molecule has 204 valence electrons. The van der Waals surface area contributed by atoms with E-state index in [1.807, 2.05) is 75.4 Å². The molecule has 3 rings (SSSR count). The first kappa shape index (κ1) is 30.3. The number of alkyl carbamates (subject to hydrolysis) is 1. The molecule has 1 saturated carbocycles. The van der Waals surface area contributed by atoms with Gasteiger partial charge in [0.2, 0.25) is 0 Å². The third-order valence-electron chi connectivity index (χ3n) is 6.23. The number of hydrogen-bond donors (Lipinski definition) is 3. The highest BCUT2D eigenvalue weighted by atomic mass is 16.6. The molecule has 0 saturated heterocycles. The SMILES string of the molecule is C[C@@H](OC(C)(C)C)[C@H](NC(=O)OC(C)(C)c1ccc(-c2ccccc2)cc1)C(=O)O.NC1CCCCC1. The monoisotopic (exact) mass is 512 g/mol. The van der Waals surface area contributed by atoms with Crippen LogP contribution in [0.4, 0.5) is 4.79 Å². The van der Waals surface area contributed by atoms with Gasteiger partial charge in [0.15, 0.2) is 6.04 Å². The fourth-order valence-electron chi connectivity index (χ4n) is 4.28. The molecule has 0 aromatic heterocycles. The molecule has 1 fully saturated rings. The summed E-state index contributed by atoms with van der Waals surface area (Å²) >= 11 is 0. The maximum absolute atomic E-state index is 12.5. The van der Waals surface area contributed by atoms with Crippen LogP contribution in [0.2, 0.25) is 0 Å². The summed E-state index contributed by atoms with van der Waals surface area (Å²) in [6.45, 7) is 10.6. The molecule has 4 N–H and O–H groups in total. The number of rotatable bonds is 7. The highest BCUT2D eigenvalue weighted by Crippen LogP contribution is 2.28. The fourth-order valence-corrected chi connectivity index (χ4v) is 4.28. The van der Waals surface area contributed by atoms with Crippen molar-refractivity contribution >= 4 is 12.1 Å². The maximum atomic E-state index is 12.5. The Bertz CT molecular complexity index is 977. The van der Waals surface area contributed by atoms with Crippen molar-refractivity contribution in [1.82, 2.24) is 5.32 Å². The molecule has 2 aromatic rings. The zero-order valence-electron chi connectivity index (χ0n) is 23.1. The second kappa shape index (κ2) is 13.6. The van der Waals surface area contributed by atoms with Gasteiger partial charge in [0, 0.05) is 6.04 Å². The Morgan fingerprint density at radius 2 is 1.46 bits per heavy atom. The second-order valence-electron chi connectivity index (χ2n) is 11.1. The van der Waals surface area contributed by atoms with Crippen molar-refractivity contribution in [2.45, 2.75) is 103 Å². The predicted octanol–water partition coefficient (Wildman–Crippen LogP) is 6.25. The standard InChI is InChI=1S/C24H31NO5.C6H13N/c1-16(29-23(2,3)4)20(21(26)27)25-22(28)30-24(5,6)19-14-12-18(13-15-19)17-10-8-7-9-11-17;7-6-4-2-1-3-5-6/h7-16,20H,1-6H3,(H,25,28)(H,26,27);6H,1-5,7H2/t16-,20+;/m1./s1. The smallest absolute Gasteiger partial charge is 0.408 e. The third-order valence-corrected chi connectivity index (χ3v) is 6.23. The lowest BCUT2D eigenvalue weighted by Gasteiger charge is -2.31. The Balaban J connectivity index is 0.000000591. The van der Waals surface area contributed by atoms with Gasteiger partial charge in [-0.1, -0.05) is 73.9 Å². The molecule has 1 amide bonds. The molecule has 1 aliphatic rings. The number of carboxylic acid groups (broad SMARTS) is 1. The molecule has 0 aliphatic heterocycles. The van der Waals surface area contributed by atoms with Gasteiger partial charge in [0.1, 0.15) is 5.60 Å². The highest BCUT2D eigenvalue weighted by molar-refractivity contribution is 5.80. The summed E-state index contributed by atoms with van der Waals surface area (Å²) < 4.78 is 11.2. The summed E-state index contributed by atoms with van der Waals surface area (Å²) in [6, 6.07) is 17.0. The molecule has 0 unspecified atom stereocenters. The van der Waals surface area contributed by atoms with Crippen LogP contribution in [-0.4, -0.2) is 41.0 Å². The normalized spacial score (nSPS) is 16.1. The van der Waals surface area contributed by atoms with Crippen LogP contribution in [0.5, 0.6) is 0 Å². The van der Waals surface area contributed by atoms with Gasteiger partial charge in [-0.05, 0) is 71.1 Å². The van der Waals surface area contributed by atoms with Crippen LogP contribution in [0.3, 0.4) is 0 Å². The van der Waals surface area contributed by atoms with Crippen LogP contribution >= 0.6 is 0 Å². The minimum absolute atomic E-state index is 0.536. The molecule has 7 heteroatoms. The fraction of sp³-hybridized carbons (Fsp3) is 0.533. The quantitative estimate of drug-likeness (QED) is 0.404. The van der Waals surface area contributed by atoms with E-state index >= 15 is 0 Å². The second-order valence-corrected chi connectivity index (χ2v) is 11.1. The molecule has 0 heterocycles. The van der Waals surface area contributed by atoms with E-state index in [1.165, 1.54) is 32.1 Å². The van der Waals surface area contributed by atoms with Gasteiger partial charge in [0.05, 0.1) is 11.7 Å². The highest BCUT2D eigenvalue weighted by Gasteiger charge is 2.33. The minimum Gasteiger partial charge on any atom is -0.480 e. The Morgan fingerprint density at radius 1 is 0.919 bits per heavy atom. The molecular formula is C30H44N2O5. The van der Waals surface area contributed by atoms with Crippen molar-refractivity contribution < 1.29 is 24.2 Å². The Kier molecular flexibility index (Phi) is 11.1. The molecule has 1 aliphatic carbocycles. The van der Waals surface area contributed by atoms with E-state index in [0.717, 1.165) is 16.7 Å². The first-order valence-corrected chi connectivity index (χ1v) is 13.1. The third kappa shape index (κ3) is 10.5. The van der Waals surface area contributed by atoms with E-state index in [9.17, 15) is 14.7 Å². The summed E-state index contributed by atoms with van der Waals surface area (Å²) in [5, 5.41) is 11.9. The number of hydrogen-bond acceptors (Lipinski definition) is 5. The average molecular weight is 513 g/mol. The number of ether oxygens (including phenoxy) is 2. The number of benzene rings is 2. The van der Waals surface area contributed by atoms with E-state index in [4.69, 9.17) is 15.2 Å². The lowest BCUT2D eigenvalue weighted by Crippen LogP contribution is -2.51. The van der Waals surface area contributed by atoms with Gasteiger partial charge in [-0.2, -0.15) is 0 Å². The van der Waals surface area contributed by atoms with Gasteiger partial charge in [-0.25, -0.2) is 9.59 Å². The number of nitrogens with two attached hydrogens (primary N) is 1. The number of nitrogens with one attached hydrogen (secondary N) is 1. The van der Waals surface area contributed by atoms with Crippen molar-refractivity contribution in [3.8, 4) is 11.1 Å². The van der Waals surface area contributed by atoms with E-state index in [1.54, 1.807) is 20.8 Å². The molecule has 0 spiro atoms. The zero-order chi connectivity index (χ0) is 27.6. The number of amides is 1. The topological polar surface area (TPSA) is 111 Å². The number of carboxylic acids is 1. The van der Waals surface area contributed by atoms with Crippen LogP contribution in [0.15, 0.2) is 54.6 Å². The zero-order valence-corrected chi connectivity index (χ0v) is 23.1. The summed E-state index contributed by atoms with van der Waals surface area (Å²) in [5.74, 6) is -1.19. The summed E-state index contributed by atoms with van der Waals surface area (Å²) in [5.41, 5.74) is 7.09. The minimum atomic E-state index is -1.23. The molecule has 0 bridgehead atoms. The van der Waals surface area contributed by atoms with Gasteiger partial charge in [-0.15, -0.1) is 0 Å². The van der Waals surface area contributed by atoms with Crippen LogP contribution in [0.1, 0.15) is 79.2 Å². The molecule has 2 aromatic carbocycles. The first-order valence-electron chi connectivity index (χ1n) is 13.1. The van der Waals surface area contributed by atoms with E-state index in [0.29, 0.717) is 6.04 Å². The van der Waals surface area contributed by atoms with E-state index in [2.05, 4.69) is 5.32 Å². The van der Waals surface area contributed by atoms with Crippen LogP contribution in [-0.2, 0) is 19.9 Å². The average Bonchev–Trinajstić information content (AvgIpc) is 2.82. The summed E-state index contributed by atoms with van der Waals surface area (Å²) in [6.07, 6.45) is 5.11. The van der Waals surface area contributed by atoms with Gasteiger partial charge in [-0.3, -0.25) is 0 Å². The number of carbonyl (C=O) groups is 2. The largest absolute Gasteiger partial charge is 0.480 e. The molecule has 37 heavy (non-hydrogen) atoms. The number of aliphatic carboxylic acids is 1. The molecular weight excluding hydrogens is 468 g/mol. The predicted molar refractivity (Wildman–Crippen MR) is 147 cm³/mol. The van der Waals surface area contributed by atoms with Crippen molar-refractivity contribution in [3.63, 3.8) is 0 Å². The van der Waals surface area contributed by atoms with Gasteiger partial charge in [0.25, 0.3) is 0 Å². The van der Waals surface area contributed by atoms with Crippen molar-refractivity contribution in [3.05, 3.63) is 60.2 Å². The van der Waals surface area contributed by atoms with Crippen molar-refractivity contribution in [1.29, 1.82) is 0 Å². The summed E-state index contributed by atoms with van der Waals surface area (Å²) in [7, 11) is 0. The molecule has 0 radical (unpaired) electrons. The van der Waals surface area contributed by atoms with Crippen molar-refractivity contribution in [2.75, 3.05) is 0 Å². The molecule has 7 nitrogen and oxygen atoms in total. The lowest BCUT2D eigenvalue weighted by atomic mass is 9.95. The Labute approximate surface area is 221 Å². The van der Waals surface area contributed by atoms with E-state index in [-0.39, 0.29) is 0 Å². The van der Waals surface area contributed by atoms with Crippen LogP contribution < -0.4 is 11.1 Å². The lowest BCUT2D eigenvalue weighted by molar-refractivity contribution is -0.147. The Morgan fingerprint density at radius 3 is 1.92 bits per heavy atom. The summed E-state index contributed by atoms with van der Waals surface area (Å²) in [4.78, 5) is 24.1. The van der Waals surface area contributed by atoms with Crippen LogP contribution in [0, 0.1) is 0 Å². The first-order chi connectivity index (χ1) is 17.3.